The van der Waals surface area contributed by atoms with E-state index in [1.807, 2.05) is 56.9 Å². The van der Waals surface area contributed by atoms with Crippen molar-refractivity contribution in [3.8, 4) is 0 Å². The molecule has 1 aliphatic heterocycles. The van der Waals surface area contributed by atoms with Crippen LogP contribution < -0.4 is 5.32 Å². The normalized spacial score (nSPS) is 15.6. The van der Waals surface area contributed by atoms with Gasteiger partial charge in [-0.15, -0.1) is 0 Å². The summed E-state index contributed by atoms with van der Waals surface area (Å²) >= 11 is 0. The number of hydrogen-bond acceptors (Lipinski definition) is 2. The number of nitrogens with zero attached hydrogens (tertiary/aromatic N) is 2. The molecular formula is C17H25N3O2. The molecule has 1 aromatic rings. The molecule has 22 heavy (non-hydrogen) atoms. The molecular weight excluding hydrogens is 278 g/mol. The Bertz CT molecular complexity index is 538. The van der Waals surface area contributed by atoms with E-state index < -0.39 is 0 Å². The molecule has 0 radical (unpaired) electrons. The van der Waals surface area contributed by atoms with Crippen molar-refractivity contribution in [2.45, 2.75) is 33.2 Å². The monoisotopic (exact) mass is 303 g/mol. The standard InChI is InChI=1S/C17H25N3O2/c1-13-5-7-14(8-6-13)15(21)19-9-11-20(12-10-19)16(22)18-17(2,3)4/h5-8H,9-12H2,1-4H3,(H,18,22). The van der Waals surface area contributed by atoms with Gasteiger partial charge in [0.25, 0.3) is 5.91 Å². The number of urea groups is 1. The van der Waals surface area contributed by atoms with Crippen LogP contribution in [0.15, 0.2) is 24.3 Å². The Morgan fingerprint density at radius 2 is 1.45 bits per heavy atom. The highest BCUT2D eigenvalue weighted by molar-refractivity contribution is 5.94. The Hall–Kier alpha value is -2.04. The maximum Gasteiger partial charge on any atom is 0.317 e. The number of amides is 3. The van der Waals surface area contributed by atoms with E-state index in [1.54, 1.807) is 4.90 Å². The lowest BCUT2D eigenvalue weighted by Gasteiger charge is -2.36. The smallest absolute Gasteiger partial charge is 0.317 e. The average molecular weight is 303 g/mol. The fourth-order valence-electron chi connectivity index (χ4n) is 2.39. The van der Waals surface area contributed by atoms with Gasteiger partial charge in [-0.25, -0.2) is 4.79 Å². The van der Waals surface area contributed by atoms with Gasteiger partial charge in [-0.05, 0) is 39.8 Å². The third-order valence-corrected chi connectivity index (χ3v) is 3.63. The summed E-state index contributed by atoms with van der Waals surface area (Å²) in [6.45, 7) is 10.2. The van der Waals surface area contributed by atoms with Crippen LogP contribution in [0, 0.1) is 6.92 Å². The lowest BCUT2D eigenvalue weighted by atomic mass is 10.1. The molecule has 0 atom stereocenters. The molecule has 0 unspecified atom stereocenters. The highest BCUT2D eigenvalue weighted by Gasteiger charge is 2.26. The number of piperazine rings is 1. The maximum absolute atomic E-state index is 12.4. The largest absolute Gasteiger partial charge is 0.335 e. The van der Waals surface area contributed by atoms with E-state index in [1.165, 1.54) is 0 Å². The molecule has 1 heterocycles. The van der Waals surface area contributed by atoms with Gasteiger partial charge in [-0.2, -0.15) is 0 Å². The second-order valence-electron chi connectivity index (χ2n) is 6.83. The fourth-order valence-corrected chi connectivity index (χ4v) is 2.39. The molecule has 1 saturated heterocycles. The van der Waals surface area contributed by atoms with Crippen LogP contribution in [0.5, 0.6) is 0 Å². The zero-order valence-corrected chi connectivity index (χ0v) is 13.8. The molecule has 5 heteroatoms. The third-order valence-electron chi connectivity index (χ3n) is 3.63. The van der Waals surface area contributed by atoms with Crippen LogP contribution in [0.25, 0.3) is 0 Å². The summed E-state index contributed by atoms with van der Waals surface area (Å²) in [5.41, 5.74) is 1.60. The quantitative estimate of drug-likeness (QED) is 0.865. The molecule has 1 fully saturated rings. The van der Waals surface area contributed by atoms with E-state index in [0.717, 1.165) is 5.56 Å². The van der Waals surface area contributed by atoms with E-state index in [9.17, 15) is 9.59 Å². The number of benzene rings is 1. The molecule has 0 spiro atoms. The van der Waals surface area contributed by atoms with E-state index >= 15 is 0 Å². The molecule has 120 valence electrons. The summed E-state index contributed by atoms with van der Waals surface area (Å²) in [7, 11) is 0. The minimum Gasteiger partial charge on any atom is -0.335 e. The van der Waals surface area contributed by atoms with E-state index in [-0.39, 0.29) is 17.5 Å². The second kappa shape index (κ2) is 6.38. The maximum atomic E-state index is 12.4. The topological polar surface area (TPSA) is 52.7 Å². The van der Waals surface area contributed by atoms with Gasteiger partial charge in [0.05, 0.1) is 0 Å². The molecule has 1 N–H and O–H groups in total. The Morgan fingerprint density at radius 1 is 0.955 bits per heavy atom. The molecule has 3 amide bonds. The Balaban J connectivity index is 1.90. The van der Waals surface area contributed by atoms with Crippen LogP contribution in [0.2, 0.25) is 0 Å². The highest BCUT2D eigenvalue weighted by atomic mass is 16.2. The van der Waals surface area contributed by atoms with Gasteiger partial charge in [-0.3, -0.25) is 4.79 Å². The summed E-state index contributed by atoms with van der Waals surface area (Å²) in [6, 6.07) is 7.54. The number of rotatable bonds is 1. The van der Waals surface area contributed by atoms with Gasteiger partial charge < -0.3 is 15.1 Å². The van der Waals surface area contributed by atoms with Crippen molar-refractivity contribution in [3.63, 3.8) is 0 Å². The first-order valence-electron chi connectivity index (χ1n) is 7.69. The minimum atomic E-state index is -0.244. The zero-order valence-electron chi connectivity index (χ0n) is 13.8. The summed E-state index contributed by atoms with van der Waals surface area (Å²) in [5, 5.41) is 2.95. The van der Waals surface area contributed by atoms with Crippen molar-refractivity contribution >= 4 is 11.9 Å². The van der Waals surface area contributed by atoms with Gasteiger partial charge in [0, 0.05) is 37.3 Å². The SMILES string of the molecule is Cc1ccc(C(=O)N2CCN(C(=O)NC(C)(C)C)CC2)cc1. The predicted molar refractivity (Wildman–Crippen MR) is 86.9 cm³/mol. The van der Waals surface area contributed by atoms with Crippen LogP contribution in [0.3, 0.4) is 0 Å². The van der Waals surface area contributed by atoms with Crippen LogP contribution in [-0.2, 0) is 0 Å². The fraction of sp³-hybridized carbons (Fsp3) is 0.529. The van der Waals surface area contributed by atoms with Crippen LogP contribution in [0.1, 0.15) is 36.7 Å². The van der Waals surface area contributed by atoms with Gasteiger partial charge in [0.2, 0.25) is 0 Å². The van der Waals surface area contributed by atoms with Gasteiger partial charge >= 0.3 is 6.03 Å². The minimum absolute atomic E-state index is 0.0379. The van der Waals surface area contributed by atoms with Gasteiger partial charge in [0.15, 0.2) is 0 Å². The molecule has 1 aliphatic rings. The van der Waals surface area contributed by atoms with Crippen molar-refractivity contribution < 1.29 is 9.59 Å². The van der Waals surface area contributed by atoms with Crippen molar-refractivity contribution in [1.29, 1.82) is 0 Å². The first-order valence-corrected chi connectivity index (χ1v) is 7.69. The zero-order chi connectivity index (χ0) is 16.3. The number of aryl methyl sites for hydroxylation is 1. The van der Waals surface area contributed by atoms with Crippen LogP contribution >= 0.6 is 0 Å². The molecule has 0 bridgehead atoms. The van der Waals surface area contributed by atoms with Crippen molar-refractivity contribution in [2.75, 3.05) is 26.2 Å². The second-order valence-corrected chi connectivity index (χ2v) is 6.83. The van der Waals surface area contributed by atoms with E-state index in [0.29, 0.717) is 31.7 Å². The lowest BCUT2D eigenvalue weighted by Crippen LogP contribution is -2.56. The van der Waals surface area contributed by atoms with Crippen LogP contribution in [0.4, 0.5) is 4.79 Å². The Morgan fingerprint density at radius 3 is 1.95 bits per heavy atom. The summed E-state index contributed by atoms with van der Waals surface area (Å²) in [4.78, 5) is 28.1. The van der Waals surface area contributed by atoms with Gasteiger partial charge in [-0.1, -0.05) is 17.7 Å². The highest BCUT2D eigenvalue weighted by Crippen LogP contribution is 2.11. The summed E-state index contributed by atoms with van der Waals surface area (Å²) in [6.07, 6.45) is 0. The molecule has 0 saturated carbocycles. The Labute approximate surface area is 132 Å². The Kier molecular flexibility index (Phi) is 4.74. The number of hydrogen-bond donors (Lipinski definition) is 1. The molecule has 0 aliphatic carbocycles. The first kappa shape index (κ1) is 16.3. The van der Waals surface area contributed by atoms with Crippen LogP contribution in [-0.4, -0.2) is 53.5 Å². The van der Waals surface area contributed by atoms with E-state index in [4.69, 9.17) is 0 Å². The molecule has 0 aromatic heterocycles. The predicted octanol–water partition coefficient (Wildman–Crippen LogP) is 2.26. The molecule has 2 rings (SSSR count). The molecule has 1 aromatic carbocycles. The average Bonchev–Trinajstić information content (AvgIpc) is 2.46. The van der Waals surface area contributed by atoms with Crippen molar-refractivity contribution in [1.82, 2.24) is 15.1 Å². The van der Waals surface area contributed by atoms with Crippen molar-refractivity contribution in [2.24, 2.45) is 0 Å². The van der Waals surface area contributed by atoms with E-state index in [2.05, 4.69) is 5.32 Å². The number of nitrogens with one attached hydrogen (secondary N) is 1. The molecule has 5 nitrogen and oxygen atoms in total. The van der Waals surface area contributed by atoms with Gasteiger partial charge in [0.1, 0.15) is 0 Å². The number of carbonyl (C=O) groups is 2. The third kappa shape index (κ3) is 4.23. The summed E-state index contributed by atoms with van der Waals surface area (Å²) in [5.74, 6) is 0.0379. The summed E-state index contributed by atoms with van der Waals surface area (Å²) < 4.78 is 0. The number of carbonyl (C=O) groups excluding carboxylic acids is 2. The lowest BCUT2D eigenvalue weighted by molar-refractivity contribution is 0.0661. The first-order chi connectivity index (χ1) is 10.3. The van der Waals surface area contributed by atoms with Crippen molar-refractivity contribution in [3.05, 3.63) is 35.4 Å².